The summed E-state index contributed by atoms with van der Waals surface area (Å²) in [6.45, 7) is 1.95. The van der Waals surface area contributed by atoms with E-state index < -0.39 is 0 Å². The lowest BCUT2D eigenvalue weighted by molar-refractivity contribution is 0.0987. The van der Waals surface area contributed by atoms with E-state index in [0.717, 1.165) is 11.4 Å². The summed E-state index contributed by atoms with van der Waals surface area (Å²) in [6, 6.07) is 13.0. The fourth-order valence-corrected chi connectivity index (χ4v) is 3.41. The molecule has 0 saturated carbocycles. The van der Waals surface area contributed by atoms with Crippen molar-refractivity contribution in [3.8, 4) is 17.2 Å². The number of rotatable bonds is 9. The van der Waals surface area contributed by atoms with Gasteiger partial charge in [-0.05, 0) is 36.4 Å². The van der Waals surface area contributed by atoms with Gasteiger partial charge in [-0.25, -0.2) is 14.6 Å². The van der Waals surface area contributed by atoms with E-state index in [4.69, 9.17) is 21.1 Å². The smallest absolute Gasteiger partial charge is 0.227 e. The first-order valence-electron chi connectivity index (χ1n) is 10.3. The van der Waals surface area contributed by atoms with E-state index in [1.807, 2.05) is 36.5 Å². The van der Waals surface area contributed by atoms with Gasteiger partial charge >= 0.3 is 0 Å². The zero-order chi connectivity index (χ0) is 23.2. The second-order valence-electron chi connectivity index (χ2n) is 7.09. The van der Waals surface area contributed by atoms with Gasteiger partial charge < -0.3 is 14.8 Å². The third-order valence-corrected chi connectivity index (χ3v) is 5.30. The molecule has 0 aliphatic carbocycles. The maximum absolute atomic E-state index is 12.1. The average Bonchev–Trinajstić information content (AvgIpc) is 3.39. The van der Waals surface area contributed by atoms with Crippen LogP contribution in [0.25, 0.3) is 5.69 Å². The normalized spacial score (nSPS) is 10.6. The quantitative estimate of drug-likeness (QED) is 0.339. The first kappa shape index (κ1) is 22.3. The number of aromatic nitrogens is 4. The van der Waals surface area contributed by atoms with E-state index in [1.54, 1.807) is 42.3 Å². The van der Waals surface area contributed by atoms with Crippen molar-refractivity contribution in [1.82, 2.24) is 19.7 Å². The zero-order valence-corrected chi connectivity index (χ0v) is 18.9. The topological polar surface area (TPSA) is 91.2 Å². The second-order valence-corrected chi connectivity index (χ2v) is 7.46. The van der Waals surface area contributed by atoms with Gasteiger partial charge in [0.2, 0.25) is 5.95 Å². The molecule has 4 rings (SSSR count). The van der Waals surface area contributed by atoms with Gasteiger partial charge in [0.25, 0.3) is 0 Å². The summed E-state index contributed by atoms with van der Waals surface area (Å²) in [7, 11) is 1.51. The van der Waals surface area contributed by atoms with Gasteiger partial charge in [-0.15, -0.1) is 0 Å². The minimum absolute atomic E-state index is 0.00148. The average molecular weight is 464 g/mol. The highest BCUT2D eigenvalue weighted by Crippen LogP contribution is 2.31. The number of anilines is 2. The van der Waals surface area contributed by atoms with E-state index >= 15 is 0 Å². The molecule has 0 aliphatic heterocycles. The molecule has 0 saturated heterocycles. The van der Waals surface area contributed by atoms with Gasteiger partial charge in [-0.1, -0.05) is 24.6 Å². The molecule has 0 aliphatic rings. The second kappa shape index (κ2) is 10.1. The Kier molecular flexibility index (Phi) is 6.85. The van der Waals surface area contributed by atoms with Crippen molar-refractivity contribution >= 4 is 29.0 Å². The van der Waals surface area contributed by atoms with Gasteiger partial charge in [-0.2, -0.15) is 5.10 Å². The molecule has 4 aromatic rings. The monoisotopic (exact) mass is 463 g/mol. The number of carbonyl (C=O) groups is 1. The maximum Gasteiger partial charge on any atom is 0.227 e. The van der Waals surface area contributed by atoms with Crippen LogP contribution in [0.1, 0.15) is 29.3 Å². The molecular formula is C24H22ClN5O3. The maximum atomic E-state index is 12.1. The predicted octanol–water partition coefficient (Wildman–Crippen LogP) is 5.24. The Hall–Kier alpha value is -3.91. The Morgan fingerprint density at radius 3 is 2.67 bits per heavy atom. The zero-order valence-electron chi connectivity index (χ0n) is 18.2. The summed E-state index contributed by atoms with van der Waals surface area (Å²) in [5.74, 6) is 1.33. The molecule has 2 aromatic carbocycles. The van der Waals surface area contributed by atoms with E-state index in [9.17, 15) is 4.79 Å². The van der Waals surface area contributed by atoms with Crippen molar-refractivity contribution in [3.63, 3.8) is 0 Å². The summed E-state index contributed by atoms with van der Waals surface area (Å²) in [4.78, 5) is 20.7. The Labute approximate surface area is 196 Å². The molecule has 0 spiro atoms. The van der Waals surface area contributed by atoms with Gasteiger partial charge in [0.1, 0.15) is 12.4 Å². The number of methoxy groups -OCH3 is 1. The van der Waals surface area contributed by atoms with Crippen LogP contribution in [0.3, 0.4) is 0 Å². The van der Waals surface area contributed by atoms with Crippen LogP contribution >= 0.6 is 11.6 Å². The number of ketones is 1. The van der Waals surface area contributed by atoms with Crippen molar-refractivity contribution in [2.75, 3.05) is 12.4 Å². The highest BCUT2D eigenvalue weighted by molar-refractivity contribution is 6.33. The third kappa shape index (κ3) is 5.30. The summed E-state index contributed by atoms with van der Waals surface area (Å²) >= 11 is 6.40. The molecule has 33 heavy (non-hydrogen) atoms. The Morgan fingerprint density at radius 1 is 1.15 bits per heavy atom. The SMILES string of the molecule is CCC(=O)c1cc(COc2cnc(Nc3cccc(-n4cccn4)c3)nc2)c(Cl)c(OC)c1. The van der Waals surface area contributed by atoms with Crippen molar-refractivity contribution in [3.05, 3.63) is 83.4 Å². The van der Waals surface area contributed by atoms with Crippen LogP contribution in [0.4, 0.5) is 11.6 Å². The number of nitrogens with zero attached hydrogens (tertiary/aromatic N) is 4. The lowest BCUT2D eigenvalue weighted by atomic mass is 10.1. The van der Waals surface area contributed by atoms with Crippen LogP contribution in [0.5, 0.6) is 11.5 Å². The van der Waals surface area contributed by atoms with Crippen LogP contribution in [-0.4, -0.2) is 32.6 Å². The Morgan fingerprint density at radius 2 is 1.97 bits per heavy atom. The number of nitrogens with one attached hydrogen (secondary N) is 1. The largest absolute Gasteiger partial charge is 0.495 e. The molecule has 0 fully saturated rings. The van der Waals surface area contributed by atoms with Gasteiger partial charge in [0.15, 0.2) is 11.5 Å². The Balaban J connectivity index is 1.44. The fraction of sp³-hybridized carbons (Fsp3) is 0.167. The summed E-state index contributed by atoms with van der Waals surface area (Å²) in [6.07, 6.45) is 7.12. The molecule has 1 N–H and O–H groups in total. The first-order valence-corrected chi connectivity index (χ1v) is 10.7. The number of carbonyl (C=O) groups excluding carboxylic acids is 1. The molecule has 8 nitrogen and oxygen atoms in total. The molecule has 0 radical (unpaired) electrons. The number of ether oxygens (including phenoxy) is 2. The van der Waals surface area contributed by atoms with Crippen molar-refractivity contribution in [2.45, 2.75) is 20.0 Å². The van der Waals surface area contributed by atoms with Crippen LogP contribution in [0, 0.1) is 0 Å². The minimum atomic E-state index is 0.00148. The lowest BCUT2D eigenvalue weighted by Gasteiger charge is -2.13. The molecule has 168 valence electrons. The summed E-state index contributed by atoms with van der Waals surface area (Å²) in [5, 5.41) is 7.80. The highest BCUT2D eigenvalue weighted by Gasteiger charge is 2.14. The number of hydrogen-bond acceptors (Lipinski definition) is 7. The van der Waals surface area contributed by atoms with Crippen molar-refractivity contribution in [1.29, 1.82) is 0 Å². The summed E-state index contributed by atoms with van der Waals surface area (Å²) < 4.78 is 12.9. The van der Waals surface area contributed by atoms with Crippen LogP contribution < -0.4 is 14.8 Å². The van der Waals surface area contributed by atoms with Crippen LogP contribution in [0.15, 0.2) is 67.3 Å². The first-order chi connectivity index (χ1) is 16.1. The number of Topliss-reactive ketones (excluding diaryl/α,β-unsaturated/α-hetero) is 1. The summed E-state index contributed by atoms with van der Waals surface area (Å²) in [5.41, 5.74) is 2.92. The third-order valence-electron chi connectivity index (χ3n) is 4.87. The van der Waals surface area contributed by atoms with Crippen LogP contribution in [-0.2, 0) is 6.61 Å². The lowest BCUT2D eigenvalue weighted by Crippen LogP contribution is -2.04. The molecule has 0 bridgehead atoms. The number of benzene rings is 2. The molecule has 0 amide bonds. The number of halogens is 1. The minimum Gasteiger partial charge on any atom is -0.495 e. The van der Waals surface area contributed by atoms with E-state index in [1.165, 1.54) is 7.11 Å². The standard InChI is InChI=1S/C24H22ClN5O3/c1-3-21(31)16-10-17(23(25)22(11-16)32-2)15-33-20-13-26-24(27-14-20)29-18-6-4-7-19(12-18)30-9-5-8-28-30/h4-14H,3,15H2,1-2H3,(H,26,27,29). The Bertz CT molecular complexity index is 1240. The molecule has 0 unspecified atom stereocenters. The molecule has 2 heterocycles. The molecule has 2 aromatic heterocycles. The highest BCUT2D eigenvalue weighted by atomic mass is 35.5. The van der Waals surface area contributed by atoms with Gasteiger partial charge in [0, 0.05) is 35.6 Å². The van der Waals surface area contributed by atoms with E-state index in [-0.39, 0.29) is 12.4 Å². The van der Waals surface area contributed by atoms with Crippen molar-refractivity contribution in [2.24, 2.45) is 0 Å². The fourth-order valence-electron chi connectivity index (χ4n) is 3.17. The van der Waals surface area contributed by atoms with E-state index in [2.05, 4.69) is 20.4 Å². The van der Waals surface area contributed by atoms with Crippen molar-refractivity contribution < 1.29 is 14.3 Å². The van der Waals surface area contributed by atoms with Gasteiger partial charge in [-0.3, -0.25) is 4.79 Å². The van der Waals surface area contributed by atoms with Crippen LogP contribution in [0.2, 0.25) is 5.02 Å². The molecule has 0 atom stereocenters. The molecular weight excluding hydrogens is 442 g/mol. The number of hydrogen-bond donors (Lipinski definition) is 1. The molecule has 9 heteroatoms. The van der Waals surface area contributed by atoms with Gasteiger partial charge in [0.05, 0.1) is 30.2 Å². The van der Waals surface area contributed by atoms with E-state index in [0.29, 0.717) is 40.0 Å². The predicted molar refractivity (Wildman–Crippen MR) is 126 cm³/mol.